The topological polar surface area (TPSA) is 52.0 Å². The monoisotopic (exact) mass is 246 g/mol. The second-order valence-corrected chi connectivity index (χ2v) is 4.10. The third kappa shape index (κ3) is 2.68. The lowest BCUT2D eigenvalue weighted by atomic mass is 10.3. The van der Waals surface area contributed by atoms with Crippen LogP contribution in [-0.4, -0.2) is 34.8 Å². The van der Waals surface area contributed by atoms with Crippen molar-refractivity contribution in [1.82, 2.24) is 14.5 Å². The number of methoxy groups -OCH3 is 1. The van der Waals surface area contributed by atoms with Crippen LogP contribution >= 0.6 is 0 Å². The molecule has 0 aliphatic carbocycles. The fraction of sp³-hybridized carbons (Fsp3) is 0.385. The number of nitrogens with zero attached hydrogens (tertiary/aromatic N) is 3. The molecule has 5 heteroatoms. The maximum absolute atomic E-state index is 5.01. The van der Waals surface area contributed by atoms with E-state index in [1.807, 2.05) is 30.7 Å². The minimum atomic E-state index is 0.651. The van der Waals surface area contributed by atoms with Crippen LogP contribution in [0.5, 0.6) is 0 Å². The Kier molecular flexibility index (Phi) is 3.94. The number of rotatable bonds is 5. The van der Waals surface area contributed by atoms with Gasteiger partial charge in [-0.1, -0.05) is 0 Å². The third-order valence-corrected chi connectivity index (χ3v) is 2.69. The lowest BCUT2D eigenvalue weighted by molar-refractivity contribution is 0.210. The first-order valence-corrected chi connectivity index (χ1v) is 5.93. The number of aromatic nitrogens is 3. The number of imidazole rings is 1. The summed E-state index contributed by atoms with van der Waals surface area (Å²) in [4.78, 5) is 8.76. The Morgan fingerprint density at radius 1 is 1.33 bits per heavy atom. The number of anilines is 1. The van der Waals surface area contributed by atoms with Gasteiger partial charge in [0, 0.05) is 31.7 Å². The van der Waals surface area contributed by atoms with E-state index in [9.17, 15) is 0 Å². The summed E-state index contributed by atoms with van der Waals surface area (Å²) in [5, 5.41) is 3.23. The van der Waals surface area contributed by atoms with Crippen molar-refractivity contribution < 1.29 is 4.74 Å². The summed E-state index contributed by atoms with van der Waals surface area (Å²) in [5.41, 5.74) is 3.05. The zero-order valence-electron chi connectivity index (χ0n) is 11.0. The van der Waals surface area contributed by atoms with Crippen LogP contribution in [0.2, 0.25) is 0 Å². The highest BCUT2D eigenvalue weighted by Gasteiger charge is 2.07. The summed E-state index contributed by atoms with van der Waals surface area (Å²) in [5.74, 6) is 0.806. The summed E-state index contributed by atoms with van der Waals surface area (Å²) in [6.07, 6.45) is 3.70. The van der Waals surface area contributed by atoms with E-state index in [-0.39, 0.29) is 0 Å². The number of ether oxygens (including phenoxy) is 1. The Hall–Kier alpha value is -1.88. The van der Waals surface area contributed by atoms with Gasteiger partial charge in [-0.15, -0.1) is 0 Å². The van der Waals surface area contributed by atoms with Gasteiger partial charge in [-0.3, -0.25) is 9.55 Å². The first-order valence-electron chi connectivity index (χ1n) is 5.93. The van der Waals surface area contributed by atoms with Crippen LogP contribution in [0.3, 0.4) is 0 Å². The van der Waals surface area contributed by atoms with Gasteiger partial charge in [-0.05, 0) is 26.0 Å². The number of pyridine rings is 1. The normalized spacial score (nSPS) is 10.6. The molecular weight excluding hydrogens is 228 g/mol. The molecule has 0 aliphatic heterocycles. The van der Waals surface area contributed by atoms with Gasteiger partial charge in [0.2, 0.25) is 5.95 Å². The highest BCUT2D eigenvalue weighted by molar-refractivity contribution is 5.44. The Morgan fingerprint density at radius 3 is 2.89 bits per heavy atom. The van der Waals surface area contributed by atoms with Crippen molar-refractivity contribution in [1.29, 1.82) is 0 Å². The molecule has 0 saturated heterocycles. The molecule has 0 atom stereocenters. The molecule has 0 bridgehead atoms. The third-order valence-electron chi connectivity index (χ3n) is 2.69. The Morgan fingerprint density at radius 2 is 2.17 bits per heavy atom. The van der Waals surface area contributed by atoms with Gasteiger partial charge >= 0.3 is 0 Å². The van der Waals surface area contributed by atoms with Crippen LogP contribution in [0, 0.1) is 13.8 Å². The predicted molar refractivity (Wildman–Crippen MR) is 71.2 cm³/mol. The van der Waals surface area contributed by atoms with E-state index in [0.29, 0.717) is 6.61 Å². The van der Waals surface area contributed by atoms with Crippen LogP contribution in [0.4, 0.5) is 5.95 Å². The molecule has 2 rings (SSSR count). The number of hydrogen-bond donors (Lipinski definition) is 1. The summed E-state index contributed by atoms with van der Waals surface area (Å²) in [6, 6.07) is 4.06. The van der Waals surface area contributed by atoms with Gasteiger partial charge in [0.1, 0.15) is 0 Å². The molecule has 0 aromatic carbocycles. The van der Waals surface area contributed by atoms with Crippen LogP contribution < -0.4 is 5.32 Å². The maximum atomic E-state index is 5.01. The molecule has 1 N–H and O–H groups in total. The molecule has 0 radical (unpaired) electrons. The number of aryl methyl sites for hydroxylation is 2. The maximum Gasteiger partial charge on any atom is 0.207 e. The van der Waals surface area contributed by atoms with Crippen molar-refractivity contribution in [3.63, 3.8) is 0 Å². The first kappa shape index (κ1) is 12.6. The molecule has 2 aromatic heterocycles. The molecule has 0 saturated carbocycles. The van der Waals surface area contributed by atoms with Gasteiger partial charge in [-0.25, -0.2) is 4.98 Å². The largest absolute Gasteiger partial charge is 0.383 e. The molecule has 0 fully saturated rings. The highest BCUT2D eigenvalue weighted by Crippen LogP contribution is 2.17. The molecule has 0 unspecified atom stereocenters. The van der Waals surface area contributed by atoms with Crippen LogP contribution in [0.15, 0.2) is 24.5 Å². The Balaban J connectivity index is 2.25. The first-order chi connectivity index (χ1) is 8.72. The second kappa shape index (κ2) is 5.64. The average Bonchev–Trinajstić information content (AvgIpc) is 2.78. The Labute approximate surface area is 107 Å². The molecule has 0 aliphatic rings. The van der Waals surface area contributed by atoms with E-state index in [4.69, 9.17) is 4.74 Å². The zero-order chi connectivity index (χ0) is 13.0. The second-order valence-electron chi connectivity index (χ2n) is 4.10. The van der Waals surface area contributed by atoms with Crippen LogP contribution in [0.1, 0.15) is 11.4 Å². The minimum absolute atomic E-state index is 0.651. The Bertz CT molecular complexity index is 521. The summed E-state index contributed by atoms with van der Waals surface area (Å²) in [6.45, 7) is 5.37. The van der Waals surface area contributed by atoms with Crippen molar-refractivity contribution in [3.05, 3.63) is 35.9 Å². The van der Waals surface area contributed by atoms with Gasteiger partial charge in [0.05, 0.1) is 18.0 Å². The van der Waals surface area contributed by atoms with E-state index < -0.39 is 0 Å². The lowest BCUT2D eigenvalue weighted by Gasteiger charge is -2.11. The van der Waals surface area contributed by atoms with Crippen molar-refractivity contribution in [2.45, 2.75) is 13.8 Å². The van der Waals surface area contributed by atoms with Gasteiger partial charge < -0.3 is 10.1 Å². The fourth-order valence-corrected chi connectivity index (χ4v) is 1.83. The predicted octanol–water partition coefficient (Wildman–Crippen LogP) is 1.94. The highest BCUT2D eigenvalue weighted by atomic mass is 16.5. The van der Waals surface area contributed by atoms with E-state index in [1.54, 1.807) is 13.3 Å². The van der Waals surface area contributed by atoms with Crippen LogP contribution in [-0.2, 0) is 4.74 Å². The van der Waals surface area contributed by atoms with E-state index >= 15 is 0 Å². The van der Waals surface area contributed by atoms with Crippen molar-refractivity contribution >= 4 is 5.95 Å². The van der Waals surface area contributed by atoms with Crippen molar-refractivity contribution in [2.24, 2.45) is 0 Å². The molecule has 0 amide bonds. The quantitative estimate of drug-likeness (QED) is 0.819. The average molecular weight is 246 g/mol. The van der Waals surface area contributed by atoms with Gasteiger partial charge in [0.25, 0.3) is 0 Å². The summed E-state index contributed by atoms with van der Waals surface area (Å²) >= 11 is 0. The van der Waals surface area contributed by atoms with Crippen molar-refractivity contribution in [3.8, 4) is 5.69 Å². The molecule has 5 nitrogen and oxygen atoms in total. The van der Waals surface area contributed by atoms with E-state index in [0.717, 1.165) is 29.6 Å². The van der Waals surface area contributed by atoms with Gasteiger partial charge in [0.15, 0.2) is 0 Å². The molecule has 0 spiro atoms. The summed E-state index contributed by atoms with van der Waals surface area (Å²) in [7, 11) is 1.68. The fourth-order valence-electron chi connectivity index (χ4n) is 1.83. The smallest absolute Gasteiger partial charge is 0.207 e. The zero-order valence-corrected chi connectivity index (χ0v) is 11.0. The summed E-state index contributed by atoms with van der Waals surface area (Å²) < 4.78 is 7.01. The van der Waals surface area contributed by atoms with Gasteiger partial charge in [-0.2, -0.15) is 0 Å². The number of nitrogens with one attached hydrogen (secondary N) is 1. The SMILES string of the molecule is COCCNc1nccn1-c1ccc(C)nc1C. The number of hydrogen-bond acceptors (Lipinski definition) is 4. The van der Waals surface area contributed by atoms with E-state index in [1.165, 1.54) is 0 Å². The van der Waals surface area contributed by atoms with E-state index in [2.05, 4.69) is 21.4 Å². The lowest BCUT2D eigenvalue weighted by Crippen LogP contribution is -2.12. The molecule has 2 aromatic rings. The molecular formula is C13H18N4O. The van der Waals surface area contributed by atoms with Crippen LogP contribution in [0.25, 0.3) is 5.69 Å². The minimum Gasteiger partial charge on any atom is -0.383 e. The molecule has 18 heavy (non-hydrogen) atoms. The molecule has 96 valence electrons. The standard InChI is InChI=1S/C13H18N4O/c1-10-4-5-12(11(2)16-10)17-8-6-14-13(17)15-7-9-18-3/h4-6,8H,7,9H2,1-3H3,(H,14,15). The molecule has 2 heterocycles. The van der Waals surface area contributed by atoms with Crippen molar-refractivity contribution in [2.75, 3.05) is 25.6 Å².